The van der Waals surface area contributed by atoms with Crippen molar-refractivity contribution in [3.8, 4) is 0 Å². The van der Waals surface area contributed by atoms with Crippen molar-refractivity contribution in [2.24, 2.45) is 0 Å². The Bertz CT molecular complexity index is 1690. The van der Waals surface area contributed by atoms with E-state index >= 15 is 0 Å². The molecule has 4 aromatic rings. The third-order valence-electron chi connectivity index (χ3n) is 6.58. The van der Waals surface area contributed by atoms with Gasteiger partial charge in [0.25, 0.3) is 5.78 Å². The number of benzene rings is 3. The Kier molecular flexibility index (Phi) is 8.37. The van der Waals surface area contributed by atoms with Crippen molar-refractivity contribution in [2.75, 3.05) is 23.9 Å². The molecular weight excluding hydrogens is 606 g/mol. The number of aliphatic hydroxyl groups is 1. The maximum Gasteiger partial charge on any atom is 0.301 e. The van der Waals surface area contributed by atoms with E-state index < -0.39 is 29.3 Å². The number of Topliss-reactive ketones (excluding diaryl/α,β-unsaturated/α-hetero) is 1. The first kappa shape index (κ1) is 29.1. The molecule has 210 valence electrons. The monoisotopic (exact) mass is 628 g/mol. The first-order valence-electron chi connectivity index (χ1n) is 12.3. The zero-order valence-corrected chi connectivity index (χ0v) is 25.2. The predicted octanol–water partition coefficient (Wildman–Crippen LogP) is 7.28. The molecule has 1 unspecified atom stereocenters. The van der Waals surface area contributed by atoms with Crippen LogP contribution in [0.2, 0.25) is 10.0 Å². The van der Waals surface area contributed by atoms with Gasteiger partial charge in [-0.15, -0.1) is 10.2 Å². The minimum Gasteiger partial charge on any atom is -0.507 e. The second-order valence-electron chi connectivity index (χ2n) is 9.49. The molecule has 5 rings (SSSR count). The quantitative estimate of drug-likeness (QED) is 0.0756. The molecule has 1 N–H and O–H groups in total. The maximum absolute atomic E-state index is 14.4. The smallest absolute Gasteiger partial charge is 0.301 e. The van der Waals surface area contributed by atoms with E-state index in [1.807, 2.05) is 37.2 Å². The lowest BCUT2D eigenvalue weighted by atomic mass is 9.95. The summed E-state index contributed by atoms with van der Waals surface area (Å²) in [5.41, 5.74) is 2.65. The van der Waals surface area contributed by atoms with Crippen molar-refractivity contribution < 1.29 is 19.1 Å². The molecule has 2 heterocycles. The number of amides is 1. The number of rotatable bonds is 7. The highest BCUT2D eigenvalue weighted by atomic mass is 35.5. The van der Waals surface area contributed by atoms with Crippen molar-refractivity contribution >= 4 is 74.6 Å². The molecule has 0 spiro atoms. The van der Waals surface area contributed by atoms with Crippen molar-refractivity contribution in [1.29, 1.82) is 0 Å². The normalized spacial score (nSPS) is 16.4. The lowest BCUT2D eigenvalue weighted by Crippen LogP contribution is -2.29. The molecule has 0 radical (unpaired) electrons. The Balaban J connectivity index is 1.55. The van der Waals surface area contributed by atoms with Gasteiger partial charge in [-0.1, -0.05) is 76.6 Å². The van der Waals surface area contributed by atoms with E-state index in [9.17, 15) is 19.1 Å². The molecule has 1 atom stereocenters. The molecule has 3 aromatic carbocycles. The number of nitrogens with zero attached hydrogens (tertiary/aromatic N) is 4. The van der Waals surface area contributed by atoms with Gasteiger partial charge in [-0.2, -0.15) is 0 Å². The molecule has 1 fully saturated rings. The van der Waals surface area contributed by atoms with Crippen LogP contribution in [-0.4, -0.2) is 41.1 Å². The summed E-state index contributed by atoms with van der Waals surface area (Å²) in [6, 6.07) is 15.6. The summed E-state index contributed by atoms with van der Waals surface area (Å²) < 4.78 is 14.9. The van der Waals surface area contributed by atoms with Crippen LogP contribution in [-0.2, 0) is 15.3 Å². The minimum absolute atomic E-state index is 0.0920. The Morgan fingerprint density at radius 1 is 1.07 bits per heavy atom. The van der Waals surface area contributed by atoms with E-state index in [2.05, 4.69) is 10.2 Å². The van der Waals surface area contributed by atoms with Crippen LogP contribution in [0.5, 0.6) is 0 Å². The van der Waals surface area contributed by atoms with Gasteiger partial charge in [0, 0.05) is 41.1 Å². The number of ketones is 1. The van der Waals surface area contributed by atoms with Crippen LogP contribution in [0.1, 0.15) is 28.3 Å². The highest BCUT2D eigenvalue weighted by Gasteiger charge is 2.48. The highest BCUT2D eigenvalue weighted by Crippen LogP contribution is 2.44. The number of carbonyl (C=O) groups excluding carboxylic acids is 2. The Morgan fingerprint density at radius 3 is 2.46 bits per heavy atom. The van der Waals surface area contributed by atoms with E-state index in [4.69, 9.17) is 23.2 Å². The summed E-state index contributed by atoms with van der Waals surface area (Å²) >= 11 is 14.8. The van der Waals surface area contributed by atoms with E-state index in [0.29, 0.717) is 31.3 Å². The third-order valence-corrected chi connectivity index (χ3v) is 9.27. The fraction of sp³-hybridized carbons (Fsp3) is 0.172. The van der Waals surface area contributed by atoms with Gasteiger partial charge in [0.05, 0.1) is 11.6 Å². The molecule has 0 aliphatic carbocycles. The van der Waals surface area contributed by atoms with E-state index in [1.165, 1.54) is 28.8 Å². The van der Waals surface area contributed by atoms with E-state index in [1.54, 1.807) is 31.2 Å². The summed E-state index contributed by atoms with van der Waals surface area (Å²) in [6.45, 7) is 1.59. The molecule has 1 amide bonds. The number of halogens is 3. The lowest BCUT2D eigenvalue weighted by Gasteiger charge is -2.23. The van der Waals surface area contributed by atoms with Crippen LogP contribution in [0.4, 0.5) is 15.2 Å². The fourth-order valence-corrected chi connectivity index (χ4v) is 6.76. The lowest BCUT2D eigenvalue weighted by molar-refractivity contribution is -0.132. The summed E-state index contributed by atoms with van der Waals surface area (Å²) in [5, 5.41) is 21.0. The van der Waals surface area contributed by atoms with Crippen molar-refractivity contribution in [3.63, 3.8) is 0 Å². The number of thioether (sulfide) groups is 1. The van der Waals surface area contributed by atoms with Gasteiger partial charge in [-0.25, -0.2) is 4.39 Å². The Morgan fingerprint density at radius 2 is 1.80 bits per heavy atom. The second-order valence-corrected chi connectivity index (χ2v) is 12.5. The van der Waals surface area contributed by atoms with Gasteiger partial charge in [-0.3, -0.25) is 14.5 Å². The Hall–Kier alpha value is -3.44. The summed E-state index contributed by atoms with van der Waals surface area (Å²) in [7, 11) is 3.79. The van der Waals surface area contributed by atoms with E-state index in [-0.39, 0.29) is 16.3 Å². The zero-order valence-electron chi connectivity index (χ0n) is 22.1. The number of hydrogen-bond donors (Lipinski definition) is 1. The first-order valence-corrected chi connectivity index (χ1v) is 14.9. The average molecular weight is 630 g/mol. The van der Waals surface area contributed by atoms with Crippen molar-refractivity contribution in [1.82, 2.24) is 10.2 Å². The molecule has 0 saturated carbocycles. The average Bonchev–Trinajstić information content (AvgIpc) is 3.51. The van der Waals surface area contributed by atoms with Crippen LogP contribution >= 0.6 is 46.3 Å². The Labute approximate surface area is 254 Å². The molecule has 1 aliphatic heterocycles. The van der Waals surface area contributed by atoms with Crippen LogP contribution in [0.3, 0.4) is 0 Å². The third kappa shape index (κ3) is 5.83. The number of aromatic nitrogens is 2. The highest BCUT2D eigenvalue weighted by molar-refractivity contribution is 8.00. The number of anilines is 2. The molecular formula is C29H23Cl2FN4O3S2. The standard InChI is InChI=1S/C29H23Cl2FN4O3S2/c1-15-4-5-17(12-22(15)32)25(37)23-24(16-7-10-20(11-8-16)35(2)3)36(27(39)26(23)38)28-33-34-29(41-28)40-14-18-6-9-19(30)13-21(18)31/h4-13,24,37H,14H2,1-3H3. The summed E-state index contributed by atoms with van der Waals surface area (Å²) in [6.07, 6.45) is 0. The molecule has 1 aliphatic rings. The number of aliphatic hydroxyl groups excluding tert-OH is 1. The molecule has 41 heavy (non-hydrogen) atoms. The van der Waals surface area contributed by atoms with Gasteiger partial charge >= 0.3 is 5.91 Å². The van der Waals surface area contributed by atoms with Crippen molar-refractivity contribution in [2.45, 2.75) is 23.1 Å². The van der Waals surface area contributed by atoms with Gasteiger partial charge in [0.1, 0.15) is 11.6 Å². The first-order chi connectivity index (χ1) is 19.5. The van der Waals surface area contributed by atoms with E-state index in [0.717, 1.165) is 28.7 Å². The van der Waals surface area contributed by atoms with Gasteiger partial charge in [0.2, 0.25) is 5.13 Å². The zero-order chi connectivity index (χ0) is 29.4. The van der Waals surface area contributed by atoms with Crippen LogP contribution in [0.25, 0.3) is 5.76 Å². The maximum atomic E-state index is 14.4. The topological polar surface area (TPSA) is 86.6 Å². The number of carbonyl (C=O) groups is 2. The van der Waals surface area contributed by atoms with Crippen LogP contribution in [0, 0.1) is 12.7 Å². The molecule has 1 aromatic heterocycles. The SMILES string of the molecule is Cc1ccc(C(O)=C2C(=O)C(=O)N(c3nnc(SCc4ccc(Cl)cc4Cl)s3)C2c2ccc(N(C)C)cc2)cc1F. The van der Waals surface area contributed by atoms with Gasteiger partial charge in [0.15, 0.2) is 4.34 Å². The fourth-order valence-electron chi connectivity index (χ4n) is 4.33. The summed E-state index contributed by atoms with van der Waals surface area (Å²) in [4.78, 5) is 30.0. The number of hydrogen-bond acceptors (Lipinski definition) is 8. The van der Waals surface area contributed by atoms with Crippen LogP contribution < -0.4 is 9.80 Å². The molecule has 7 nitrogen and oxygen atoms in total. The molecule has 0 bridgehead atoms. The van der Waals surface area contributed by atoms with Crippen LogP contribution in [0.15, 0.2) is 70.6 Å². The minimum atomic E-state index is -1.01. The second kappa shape index (κ2) is 11.8. The summed E-state index contributed by atoms with van der Waals surface area (Å²) in [5.74, 6) is -2.29. The predicted molar refractivity (Wildman–Crippen MR) is 163 cm³/mol. The van der Waals surface area contributed by atoms with Gasteiger partial charge < -0.3 is 10.0 Å². The molecule has 12 heteroatoms. The largest absolute Gasteiger partial charge is 0.507 e. The van der Waals surface area contributed by atoms with Gasteiger partial charge in [-0.05, 0) is 53.9 Å². The number of aryl methyl sites for hydroxylation is 1. The molecule has 1 saturated heterocycles. The van der Waals surface area contributed by atoms with Crippen molar-refractivity contribution in [3.05, 3.63) is 104 Å².